The van der Waals surface area contributed by atoms with Crippen molar-refractivity contribution in [2.45, 2.75) is 0 Å². The molecule has 3 aromatic rings. The number of pyridine rings is 1. The van der Waals surface area contributed by atoms with Gasteiger partial charge in [0.2, 0.25) is 5.88 Å². The van der Waals surface area contributed by atoms with Crippen LogP contribution in [0.15, 0.2) is 72.9 Å². The number of carbonyl (C=O) groups excluding carboxylic acids is 1. The van der Waals surface area contributed by atoms with Crippen molar-refractivity contribution >= 4 is 11.6 Å². The molecule has 138 valence electrons. The van der Waals surface area contributed by atoms with Gasteiger partial charge >= 0.3 is 0 Å². The Morgan fingerprint density at radius 2 is 1.70 bits per heavy atom. The molecule has 0 unspecified atom stereocenters. The second kappa shape index (κ2) is 9.35. The highest BCUT2D eigenvalue weighted by Crippen LogP contribution is 2.20. The van der Waals surface area contributed by atoms with Crippen LogP contribution in [0, 0.1) is 0 Å². The Hall–Kier alpha value is -3.38. The Labute approximate surface area is 157 Å². The van der Waals surface area contributed by atoms with Gasteiger partial charge in [-0.1, -0.05) is 18.2 Å². The number of nitrogens with one attached hydrogen (secondary N) is 1. The third-order valence-electron chi connectivity index (χ3n) is 3.63. The zero-order valence-corrected chi connectivity index (χ0v) is 14.9. The standard InChI is InChI=1S/C21H20N2O4/c1-25-13-14-26-18-10-8-17(9-11-18)23-21(24)16-7-12-20(22-15-16)27-19-5-3-2-4-6-19/h2-12,15H,13-14H2,1H3,(H,23,24). The van der Waals surface area contributed by atoms with Crippen LogP contribution in [0.2, 0.25) is 0 Å². The second-order valence-electron chi connectivity index (χ2n) is 5.62. The lowest BCUT2D eigenvalue weighted by Gasteiger charge is -2.08. The van der Waals surface area contributed by atoms with Crippen LogP contribution >= 0.6 is 0 Å². The summed E-state index contributed by atoms with van der Waals surface area (Å²) in [4.78, 5) is 16.5. The van der Waals surface area contributed by atoms with Gasteiger partial charge in [0.15, 0.2) is 0 Å². The third kappa shape index (κ3) is 5.55. The molecule has 27 heavy (non-hydrogen) atoms. The van der Waals surface area contributed by atoms with E-state index in [9.17, 15) is 4.79 Å². The van der Waals surface area contributed by atoms with Gasteiger partial charge in [-0.3, -0.25) is 4.79 Å². The Morgan fingerprint density at radius 1 is 0.926 bits per heavy atom. The molecule has 0 aliphatic heterocycles. The highest BCUT2D eigenvalue weighted by molar-refractivity contribution is 6.04. The van der Waals surface area contributed by atoms with Crippen LogP contribution in [0.3, 0.4) is 0 Å². The number of para-hydroxylation sites is 1. The van der Waals surface area contributed by atoms with Gasteiger partial charge in [-0.2, -0.15) is 0 Å². The number of hydrogen-bond donors (Lipinski definition) is 1. The van der Waals surface area contributed by atoms with Gasteiger partial charge in [0.25, 0.3) is 5.91 Å². The molecule has 0 saturated carbocycles. The van der Waals surface area contributed by atoms with E-state index in [0.717, 1.165) is 0 Å². The minimum absolute atomic E-state index is 0.248. The molecule has 6 nitrogen and oxygen atoms in total. The Kier molecular flexibility index (Phi) is 6.38. The van der Waals surface area contributed by atoms with Crippen molar-refractivity contribution < 1.29 is 19.0 Å². The lowest BCUT2D eigenvalue weighted by atomic mass is 10.2. The zero-order chi connectivity index (χ0) is 18.9. The normalized spacial score (nSPS) is 10.3. The summed E-state index contributed by atoms with van der Waals surface area (Å²) < 4.78 is 16.0. The van der Waals surface area contributed by atoms with E-state index >= 15 is 0 Å². The number of ether oxygens (including phenoxy) is 3. The Morgan fingerprint density at radius 3 is 2.37 bits per heavy atom. The molecule has 1 heterocycles. The molecule has 1 N–H and O–H groups in total. The number of nitrogens with zero attached hydrogens (tertiary/aromatic N) is 1. The van der Waals surface area contributed by atoms with Crippen LogP contribution in [0.4, 0.5) is 5.69 Å². The molecule has 0 saturated heterocycles. The maximum Gasteiger partial charge on any atom is 0.257 e. The lowest BCUT2D eigenvalue weighted by molar-refractivity contribution is 0.102. The second-order valence-corrected chi connectivity index (χ2v) is 5.62. The number of amides is 1. The first-order valence-electron chi connectivity index (χ1n) is 8.47. The average Bonchev–Trinajstić information content (AvgIpc) is 2.71. The van der Waals surface area contributed by atoms with E-state index in [-0.39, 0.29) is 5.91 Å². The fraction of sp³-hybridized carbons (Fsp3) is 0.143. The average molecular weight is 364 g/mol. The molecular formula is C21H20N2O4. The maximum absolute atomic E-state index is 12.3. The van der Waals surface area contributed by atoms with Crippen LogP contribution in [0.5, 0.6) is 17.4 Å². The summed E-state index contributed by atoms with van der Waals surface area (Å²) in [5, 5.41) is 2.82. The number of methoxy groups -OCH3 is 1. The van der Waals surface area contributed by atoms with Crippen LogP contribution in [-0.2, 0) is 4.74 Å². The summed E-state index contributed by atoms with van der Waals surface area (Å²) in [5.41, 5.74) is 1.11. The van der Waals surface area contributed by atoms with Gasteiger partial charge in [-0.15, -0.1) is 0 Å². The first kappa shape index (κ1) is 18.4. The highest BCUT2D eigenvalue weighted by Gasteiger charge is 2.08. The van der Waals surface area contributed by atoms with E-state index in [4.69, 9.17) is 14.2 Å². The topological polar surface area (TPSA) is 69.7 Å². The van der Waals surface area contributed by atoms with E-state index in [1.165, 1.54) is 6.20 Å². The lowest BCUT2D eigenvalue weighted by Crippen LogP contribution is -2.12. The van der Waals surface area contributed by atoms with E-state index in [0.29, 0.717) is 41.8 Å². The van der Waals surface area contributed by atoms with Crippen molar-refractivity contribution in [1.82, 2.24) is 4.98 Å². The van der Waals surface area contributed by atoms with Crippen molar-refractivity contribution in [1.29, 1.82) is 0 Å². The summed E-state index contributed by atoms with van der Waals surface area (Å²) in [5.74, 6) is 1.58. The molecule has 1 amide bonds. The number of benzene rings is 2. The smallest absolute Gasteiger partial charge is 0.257 e. The number of rotatable bonds is 8. The zero-order valence-electron chi connectivity index (χ0n) is 14.9. The van der Waals surface area contributed by atoms with E-state index in [1.807, 2.05) is 30.3 Å². The molecule has 1 aromatic heterocycles. The first-order valence-corrected chi connectivity index (χ1v) is 8.47. The van der Waals surface area contributed by atoms with E-state index in [2.05, 4.69) is 10.3 Å². The summed E-state index contributed by atoms with van der Waals surface area (Å²) >= 11 is 0. The van der Waals surface area contributed by atoms with Gasteiger partial charge in [0.1, 0.15) is 18.1 Å². The van der Waals surface area contributed by atoms with Crippen molar-refractivity contribution in [3.63, 3.8) is 0 Å². The highest BCUT2D eigenvalue weighted by atomic mass is 16.5. The predicted molar refractivity (Wildman–Crippen MR) is 103 cm³/mol. The van der Waals surface area contributed by atoms with Crippen LogP contribution < -0.4 is 14.8 Å². The summed E-state index contributed by atoms with van der Waals surface area (Å²) in [7, 11) is 1.62. The summed E-state index contributed by atoms with van der Waals surface area (Å²) in [6.07, 6.45) is 1.48. The number of anilines is 1. The number of hydrogen-bond acceptors (Lipinski definition) is 5. The van der Waals surface area contributed by atoms with Crippen molar-refractivity contribution in [2.24, 2.45) is 0 Å². The Balaban J connectivity index is 1.56. The van der Waals surface area contributed by atoms with E-state index in [1.54, 1.807) is 43.5 Å². The summed E-state index contributed by atoms with van der Waals surface area (Å²) in [6, 6.07) is 19.8. The molecule has 0 aliphatic rings. The molecule has 0 spiro atoms. The molecule has 0 radical (unpaired) electrons. The van der Waals surface area contributed by atoms with Crippen molar-refractivity contribution in [3.8, 4) is 17.4 Å². The molecular weight excluding hydrogens is 344 g/mol. The van der Waals surface area contributed by atoms with Crippen LogP contribution in [0.25, 0.3) is 0 Å². The SMILES string of the molecule is COCCOc1ccc(NC(=O)c2ccc(Oc3ccccc3)nc2)cc1. The van der Waals surface area contributed by atoms with Gasteiger partial charge in [-0.05, 0) is 42.5 Å². The van der Waals surface area contributed by atoms with Gasteiger partial charge in [-0.25, -0.2) is 4.98 Å². The predicted octanol–water partition coefficient (Wildman–Crippen LogP) is 4.15. The van der Waals surface area contributed by atoms with Gasteiger partial charge < -0.3 is 19.5 Å². The molecule has 0 bridgehead atoms. The molecule has 2 aromatic carbocycles. The molecule has 0 fully saturated rings. The van der Waals surface area contributed by atoms with Crippen LogP contribution in [-0.4, -0.2) is 31.2 Å². The van der Waals surface area contributed by atoms with Crippen molar-refractivity contribution in [2.75, 3.05) is 25.6 Å². The van der Waals surface area contributed by atoms with Crippen molar-refractivity contribution in [3.05, 3.63) is 78.5 Å². The quantitative estimate of drug-likeness (QED) is 0.608. The minimum atomic E-state index is -0.248. The minimum Gasteiger partial charge on any atom is -0.491 e. The number of aromatic nitrogens is 1. The number of carbonyl (C=O) groups is 1. The fourth-order valence-corrected chi connectivity index (χ4v) is 2.26. The largest absolute Gasteiger partial charge is 0.491 e. The summed E-state index contributed by atoms with van der Waals surface area (Å²) in [6.45, 7) is 1.00. The molecule has 3 rings (SSSR count). The monoisotopic (exact) mass is 364 g/mol. The van der Waals surface area contributed by atoms with E-state index < -0.39 is 0 Å². The Bertz CT molecular complexity index is 850. The van der Waals surface area contributed by atoms with Gasteiger partial charge in [0.05, 0.1) is 12.2 Å². The third-order valence-corrected chi connectivity index (χ3v) is 3.63. The maximum atomic E-state index is 12.3. The first-order chi connectivity index (χ1) is 13.2. The van der Waals surface area contributed by atoms with Crippen LogP contribution in [0.1, 0.15) is 10.4 Å². The molecule has 0 atom stereocenters. The van der Waals surface area contributed by atoms with Gasteiger partial charge in [0, 0.05) is 25.1 Å². The fourth-order valence-electron chi connectivity index (χ4n) is 2.26. The molecule has 0 aliphatic carbocycles. The molecule has 6 heteroatoms.